The molecule has 0 bridgehead atoms. The fourth-order valence-electron chi connectivity index (χ4n) is 1.74. The second-order valence-corrected chi connectivity index (χ2v) is 4.55. The SMILES string of the molecule is CNc1cc(Nc2c(F)cc(F)cc2Cl)cc([N+](=O)[O-])c1. The maximum absolute atomic E-state index is 13.7. The van der Waals surface area contributed by atoms with Gasteiger partial charge in [0.25, 0.3) is 5.69 Å². The predicted molar refractivity (Wildman–Crippen MR) is 77.3 cm³/mol. The largest absolute Gasteiger partial charge is 0.388 e. The van der Waals surface area contributed by atoms with Gasteiger partial charge in [0.2, 0.25) is 0 Å². The highest BCUT2D eigenvalue weighted by molar-refractivity contribution is 6.33. The van der Waals surface area contributed by atoms with Crippen molar-refractivity contribution >= 4 is 34.4 Å². The fourth-order valence-corrected chi connectivity index (χ4v) is 1.98. The fraction of sp³-hybridized carbons (Fsp3) is 0.0769. The smallest absolute Gasteiger partial charge is 0.273 e. The Hall–Kier alpha value is -2.41. The molecule has 2 aromatic carbocycles. The van der Waals surface area contributed by atoms with Crippen LogP contribution in [0.25, 0.3) is 0 Å². The predicted octanol–water partition coefficient (Wildman–Crippen LogP) is 4.31. The number of nitrogens with one attached hydrogen (secondary N) is 2. The number of hydrogen-bond donors (Lipinski definition) is 2. The molecule has 2 rings (SSSR count). The van der Waals surface area contributed by atoms with Gasteiger partial charge in [0.05, 0.1) is 15.6 Å². The van der Waals surface area contributed by atoms with Gasteiger partial charge in [-0.15, -0.1) is 0 Å². The molecule has 0 aliphatic rings. The van der Waals surface area contributed by atoms with Crippen LogP contribution in [0.2, 0.25) is 5.02 Å². The number of non-ortho nitro benzene ring substituents is 1. The molecule has 0 spiro atoms. The van der Waals surface area contributed by atoms with Gasteiger partial charge in [-0.05, 0) is 12.1 Å². The Bertz CT molecular complexity index is 687. The molecule has 0 unspecified atom stereocenters. The first-order valence-corrected chi connectivity index (χ1v) is 6.17. The summed E-state index contributed by atoms with van der Waals surface area (Å²) in [5.41, 5.74) is 0.384. The van der Waals surface area contributed by atoms with Gasteiger partial charge in [0.1, 0.15) is 5.82 Å². The second kappa shape index (κ2) is 5.92. The minimum Gasteiger partial charge on any atom is -0.388 e. The highest BCUT2D eigenvalue weighted by Gasteiger charge is 2.13. The molecule has 0 aromatic heterocycles. The zero-order valence-electron chi connectivity index (χ0n) is 10.8. The molecule has 0 radical (unpaired) electrons. The van der Waals surface area contributed by atoms with Crippen molar-refractivity contribution in [2.75, 3.05) is 17.7 Å². The summed E-state index contributed by atoms with van der Waals surface area (Å²) >= 11 is 5.77. The van der Waals surface area contributed by atoms with Gasteiger partial charge in [-0.3, -0.25) is 10.1 Å². The van der Waals surface area contributed by atoms with Crippen molar-refractivity contribution in [2.45, 2.75) is 0 Å². The van der Waals surface area contributed by atoms with E-state index in [0.717, 1.165) is 6.07 Å². The van der Waals surface area contributed by atoms with E-state index in [1.165, 1.54) is 18.2 Å². The van der Waals surface area contributed by atoms with Crippen LogP contribution in [0.3, 0.4) is 0 Å². The lowest BCUT2D eigenvalue weighted by Crippen LogP contribution is -1.99. The van der Waals surface area contributed by atoms with E-state index < -0.39 is 16.6 Å². The Labute approximate surface area is 123 Å². The van der Waals surface area contributed by atoms with Crippen LogP contribution < -0.4 is 10.6 Å². The summed E-state index contributed by atoms with van der Waals surface area (Å²) < 4.78 is 26.7. The molecule has 0 amide bonds. The van der Waals surface area contributed by atoms with Crippen molar-refractivity contribution in [2.24, 2.45) is 0 Å². The van der Waals surface area contributed by atoms with Crippen molar-refractivity contribution in [1.82, 2.24) is 0 Å². The number of anilines is 3. The molecule has 0 atom stereocenters. The molecule has 0 aliphatic carbocycles. The zero-order chi connectivity index (χ0) is 15.6. The molecule has 0 aliphatic heterocycles. The first-order valence-electron chi connectivity index (χ1n) is 5.79. The Balaban J connectivity index is 2.44. The third-order valence-corrected chi connectivity index (χ3v) is 2.99. The van der Waals surface area contributed by atoms with E-state index in [1.807, 2.05) is 0 Å². The van der Waals surface area contributed by atoms with Crippen LogP contribution in [0.1, 0.15) is 0 Å². The molecule has 0 fully saturated rings. The van der Waals surface area contributed by atoms with Gasteiger partial charge in [0, 0.05) is 36.6 Å². The normalized spacial score (nSPS) is 10.3. The molecule has 2 N–H and O–H groups in total. The first-order chi connectivity index (χ1) is 9.90. The number of halogens is 3. The minimum atomic E-state index is -0.891. The zero-order valence-corrected chi connectivity index (χ0v) is 11.5. The standard InChI is InChI=1S/C13H10ClF2N3O2/c1-17-8-4-9(6-10(5-8)19(20)21)18-13-11(14)2-7(15)3-12(13)16/h2-6,17-18H,1H3. The topological polar surface area (TPSA) is 67.2 Å². The van der Waals surface area contributed by atoms with Crippen LogP contribution in [0.4, 0.5) is 31.5 Å². The highest BCUT2D eigenvalue weighted by atomic mass is 35.5. The van der Waals surface area contributed by atoms with E-state index in [-0.39, 0.29) is 22.1 Å². The van der Waals surface area contributed by atoms with Gasteiger partial charge in [-0.25, -0.2) is 8.78 Å². The molecule has 5 nitrogen and oxygen atoms in total. The van der Waals surface area contributed by atoms with Crippen LogP contribution in [0.5, 0.6) is 0 Å². The van der Waals surface area contributed by atoms with Crippen LogP contribution in [-0.2, 0) is 0 Å². The van der Waals surface area contributed by atoms with E-state index in [9.17, 15) is 18.9 Å². The van der Waals surface area contributed by atoms with Crippen LogP contribution >= 0.6 is 11.6 Å². The van der Waals surface area contributed by atoms with Crippen molar-refractivity contribution < 1.29 is 13.7 Å². The van der Waals surface area contributed by atoms with Gasteiger partial charge >= 0.3 is 0 Å². The lowest BCUT2D eigenvalue weighted by atomic mass is 10.2. The highest BCUT2D eigenvalue weighted by Crippen LogP contribution is 2.32. The Kier molecular flexibility index (Phi) is 4.23. The average Bonchev–Trinajstić information content (AvgIpc) is 2.42. The van der Waals surface area contributed by atoms with E-state index in [0.29, 0.717) is 11.8 Å². The molecule has 0 saturated heterocycles. The summed E-state index contributed by atoms with van der Waals surface area (Å²) in [6.07, 6.45) is 0. The summed E-state index contributed by atoms with van der Waals surface area (Å²) in [5, 5.41) is 16.1. The number of rotatable bonds is 4. The van der Waals surface area contributed by atoms with Crippen molar-refractivity contribution in [3.63, 3.8) is 0 Å². The minimum absolute atomic E-state index is 0.152. The second-order valence-electron chi connectivity index (χ2n) is 4.15. The Morgan fingerprint density at radius 1 is 1.14 bits per heavy atom. The maximum Gasteiger partial charge on any atom is 0.273 e. The summed E-state index contributed by atoms with van der Waals surface area (Å²) in [6.45, 7) is 0. The monoisotopic (exact) mass is 313 g/mol. The van der Waals surface area contributed by atoms with Gasteiger partial charge in [0.15, 0.2) is 5.82 Å². The van der Waals surface area contributed by atoms with E-state index in [4.69, 9.17) is 11.6 Å². The number of nitro groups is 1. The quantitative estimate of drug-likeness (QED) is 0.652. The van der Waals surface area contributed by atoms with E-state index >= 15 is 0 Å². The number of benzene rings is 2. The van der Waals surface area contributed by atoms with Gasteiger partial charge in [-0.1, -0.05) is 11.6 Å². The maximum atomic E-state index is 13.7. The number of nitro benzene ring substituents is 1. The molecule has 110 valence electrons. The van der Waals surface area contributed by atoms with Gasteiger partial charge < -0.3 is 10.6 Å². The molecule has 2 aromatic rings. The van der Waals surface area contributed by atoms with Crippen LogP contribution in [0, 0.1) is 21.7 Å². The summed E-state index contributed by atoms with van der Waals surface area (Å²) in [4.78, 5) is 10.3. The summed E-state index contributed by atoms with van der Waals surface area (Å²) in [5.74, 6) is -1.70. The van der Waals surface area contributed by atoms with Crippen LogP contribution in [-0.4, -0.2) is 12.0 Å². The van der Waals surface area contributed by atoms with Gasteiger partial charge in [-0.2, -0.15) is 0 Å². The first kappa shape index (κ1) is 15.0. The van der Waals surface area contributed by atoms with Crippen molar-refractivity contribution in [3.05, 3.63) is 57.1 Å². The van der Waals surface area contributed by atoms with Crippen molar-refractivity contribution in [3.8, 4) is 0 Å². The Morgan fingerprint density at radius 2 is 1.81 bits per heavy atom. The van der Waals surface area contributed by atoms with E-state index in [1.54, 1.807) is 7.05 Å². The molecular formula is C13H10ClF2N3O2. The summed E-state index contributed by atoms with van der Waals surface area (Å²) in [6, 6.07) is 5.70. The number of nitrogens with zero attached hydrogens (tertiary/aromatic N) is 1. The molecule has 8 heteroatoms. The lowest BCUT2D eigenvalue weighted by molar-refractivity contribution is -0.384. The van der Waals surface area contributed by atoms with Crippen molar-refractivity contribution in [1.29, 1.82) is 0 Å². The molecule has 0 saturated carbocycles. The molecular weight excluding hydrogens is 304 g/mol. The average molecular weight is 314 g/mol. The molecule has 0 heterocycles. The number of hydrogen-bond acceptors (Lipinski definition) is 4. The lowest BCUT2D eigenvalue weighted by Gasteiger charge is -2.11. The van der Waals surface area contributed by atoms with Crippen LogP contribution in [0.15, 0.2) is 30.3 Å². The molecule has 21 heavy (non-hydrogen) atoms. The summed E-state index contributed by atoms with van der Waals surface area (Å²) in [7, 11) is 1.59. The third-order valence-electron chi connectivity index (χ3n) is 2.69. The van der Waals surface area contributed by atoms with E-state index in [2.05, 4.69) is 10.6 Å². The third kappa shape index (κ3) is 3.38. The Morgan fingerprint density at radius 3 is 2.38 bits per heavy atom.